The van der Waals surface area contributed by atoms with E-state index < -0.39 is 5.97 Å². The maximum absolute atomic E-state index is 10.9. The van der Waals surface area contributed by atoms with Gasteiger partial charge in [0.1, 0.15) is 11.9 Å². The van der Waals surface area contributed by atoms with E-state index in [1.807, 2.05) is 36.4 Å². The molecule has 2 aromatic rings. The summed E-state index contributed by atoms with van der Waals surface area (Å²) < 4.78 is 11.3. The minimum absolute atomic E-state index is 0.104. The molecule has 0 aromatic heterocycles. The fourth-order valence-electron chi connectivity index (χ4n) is 2.46. The number of ether oxygens (including phenoxy) is 2. The van der Waals surface area contributed by atoms with Crippen LogP contribution >= 0.6 is 0 Å². The molecule has 1 aliphatic heterocycles. The zero-order valence-electron chi connectivity index (χ0n) is 12.7. The van der Waals surface area contributed by atoms with Gasteiger partial charge in [-0.05, 0) is 29.8 Å². The van der Waals surface area contributed by atoms with Crippen molar-refractivity contribution in [2.45, 2.75) is 19.1 Å². The molecule has 1 saturated heterocycles. The highest BCUT2D eigenvalue weighted by atomic mass is 16.5. The molecule has 120 valence electrons. The quantitative estimate of drug-likeness (QED) is 0.857. The Labute approximate surface area is 134 Å². The summed E-state index contributed by atoms with van der Waals surface area (Å²) in [5.74, 6) is -0.104. The molecule has 1 fully saturated rings. The normalized spacial score (nSPS) is 17.0. The predicted molar refractivity (Wildman–Crippen MR) is 87.0 cm³/mol. The molecule has 0 spiro atoms. The van der Waals surface area contributed by atoms with Crippen LogP contribution in [0.4, 0.5) is 5.69 Å². The van der Waals surface area contributed by atoms with Crippen molar-refractivity contribution in [3.63, 3.8) is 0 Å². The SMILES string of the molecule is O=C(O)c1ccc(CNc2ccccc2OC2CCOC2)cc1. The van der Waals surface area contributed by atoms with E-state index in [2.05, 4.69) is 5.32 Å². The Morgan fingerprint density at radius 2 is 2.00 bits per heavy atom. The van der Waals surface area contributed by atoms with E-state index in [-0.39, 0.29) is 6.10 Å². The van der Waals surface area contributed by atoms with Crippen molar-refractivity contribution in [1.29, 1.82) is 0 Å². The van der Waals surface area contributed by atoms with Gasteiger partial charge in [-0.25, -0.2) is 4.79 Å². The van der Waals surface area contributed by atoms with Gasteiger partial charge < -0.3 is 19.9 Å². The first-order chi connectivity index (χ1) is 11.2. The number of hydrogen-bond acceptors (Lipinski definition) is 4. The van der Waals surface area contributed by atoms with E-state index >= 15 is 0 Å². The Morgan fingerprint density at radius 1 is 1.22 bits per heavy atom. The average molecular weight is 313 g/mol. The summed E-state index contributed by atoms with van der Waals surface area (Å²) in [4.78, 5) is 10.9. The van der Waals surface area contributed by atoms with Crippen LogP contribution in [0.2, 0.25) is 0 Å². The molecule has 0 amide bonds. The van der Waals surface area contributed by atoms with Gasteiger partial charge in [0.2, 0.25) is 0 Å². The maximum atomic E-state index is 10.9. The number of aromatic carboxylic acids is 1. The summed E-state index contributed by atoms with van der Waals surface area (Å²) in [5, 5.41) is 12.3. The first-order valence-electron chi connectivity index (χ1n) is 7.62. The molecule has 2 aromatic carbocycles. The standard InChI is InChI=1S/C18H19NO4/c20-18(21)14-7-5-13(6-8-14)11-19-16-3-1-2-4-17(16)23-15-9-10-22-12-15/h1-8,15,19H,9-12H2,(H,20,21). The number of carboxylic acids is 1. The van der Waals surface area contributed by atoms with Crippen LogP contribution in [-0.4, -0.2) is 30.4 Å². The van der Waals surface area contributed by atoms with E-state index in [4.69, 9.17) is 14.6 Å². The molecule has 23 heavy (non-hydrogen) atoms. The minimum atomic E-state index is -0.915. The summed E-state index contributed by atoms with van der Waals surface area (Å²) in [7, 11) is 0. The third-order valence-corrected chi connectivity index (χ3v) is 3.75. The van der Waals surface area contributed by atoms with Crippen LogP contribution in [0.1, 0.15) is 22.3 Å². The largest absolute Gasteiger partial charge is 0.486 e. The zero-order chi connectivity index (χ0) is 16.1. The molecule has 1 aliphatic rings. The van der Waals surface area contributed by atoms with Crippen molar-refractivity contribution in [3.8, 4) is 5.75 Å². The lowest BCUT2D eigenvalue weighted by molar-refractivity contribution is 0.0697. The molecule has 3 rings (SSSR count). The predicted octanol–water partition coefficient (Wildman–Crippen LogP) is 3.16. The van der Waals surface area contributed by atoms with Crippen molar-refractivity contribution in [2.24, 2.45) is 0 Å². The smallest absolute Gasteiger partial charge is 0.335 e. The molecule has 0 radical (unpaired) electrons. The molecule has 1 heterocycles. The summed E-state index contributed by atoms with van der Waals surface area (Å²) in [5.41, 5.74) is 2.22. The monoisotopic (exact) mass is 313 g/mol. The number of benzene rings is 2. The third kappa shape index (κ3) is 4.02. The molecule has 1 unspecified atom stereocenters. The van der Waals surface area contributed by atoms with Crippen molar-refractivity contribution >= 4 is 11.7 Å². The summed E-state index contributed by atoms with van der Waals surface area (Å²) >= 11 is 0. The fourth-order valence-corrected chi connectivity index (χ4v) is 2.46. The molecule has 0 bridgehead atoms. The number of carbonyl (C=O) groups is 1. The molecule has 5 heteroatoms. The number of anilines is 1. The Morgan fingerprint density at radius 3 is 2.70 bits per heavy atom. The van der Waals surface area contributed by atoms with E-state index in [1.165, 1.54) is 0 Å². The molecular formula is C18H19NO4. The average Bonchev–Trinajstić information content (AvgIpc) is 3.07. The second-order valence-electron chi connectivity index (χ2n) is 5.46. The molecular weight excluding hydrogens is 294 g/mol. The molecule has 1 atom stereocenters. The Bertz CT molecular complexity index is 663. The second kappa shape index (κ2) is 7.15. The van der Waals surface area contributed by atoms with Gasteiger partial charge >= 0.3 is 5.97 Å². The van der Waals surface area contributed by atoms with Crippen LogP contribution in [0, 0.1) is 0 Å². The lowest BCUT2D eigenvalue weighted by Crippen LogP contribution is -2.16. The number of hydrogen-bond donors (Lipinski definition) is 2. The first-order valence-corrected chi connectivity index (χ1v) is 7.62. The van der Waals surface area contributed by atoms with Crippen molar-refractivity contribution in [3.05, 3.63) is 59.7 Å². The third-order valence-electron chi connectivity index (χ3n) is 3.75. The Balaban J connectivity index is 1.64. The van der Waals surface area contributed by atoms with Gasteiger partial charge in [-0.15, -0.1) is 0 Å². The van der Waals surface area contributed by atoms with E-state index in [0.717, 1.165) is 30.0 Å². The zero-order valence-corrected chi connectivity index (χ0v) is 12.7. The van der Waals surface area contributed by atoms with E-state index in [1.54, 1.807) is 12.1 Å². The van der Waals surface area contributed by atoms with Crippen molar-refractivity contribution < 1.29 is 19.4 Å². The Kier molecular flexibility index (Phi) is 4.78. The van der Waals surface area contributed by atoms with Crippen LogP contribution in [0.3, 0.4) is 0 Å². The maximum Gasteiger partial charge on any atom is 0.335 e. The molecule has 2 N–H and O–H groups in total. The number of rotatable bonds is 6. The minimum Gasteiger partial charge on any atom is -0.486 e. The van der Waals surface area contributed by atoms with E-state index in [9.17, 15) is 4.79 Å². The topological polar surface area (TPSA) is 67.8 Å². The molecule has 0 saturated carbocycles. The number of carboxylic acid groups (broad SMARTS) is 1. The summed E-state index contributed by atoms with van der Waals surface area (Å²) in [6.45, 7) is 1.97. The molecule has 5 nitrogen and oxygen atoms in total. The highest BCUT2D eigenvalue weighted by Gasteiger charge is 2.18. The van der Waals surface area contributed by atoms with E-state index in [0.29, 0.717) is 18.7 Å². The molecule has 0 aliphatic carbocycles. The number of nitrogens with one attached hydrogen (secondary N) is 1. The summed E-state index contributed by atoms with van der Waals surface area (Å²) in [6.07, 6.45) is 1.01. The second-order valence-corrected chi connectivity index (χ2v) is 5.46. The lowest BCUT2D eigenvalue weighted by atomic mass is 10.1. The van der Waals surface area contributed by atoms with Crippen LogP contribution in [0.25, 0.3) is 0 Å². The van der Waals surface area contributed by atoms with Crippen LogP contribution < -0.4 is 10.1 Å². The van der Waals surface area contributed by atoms with Crippen LogP contribution in [0.15, 0.2) is 48.5 Å². The van der Waals surface area contributed by atoms with Crippen LogP contribution in [0.5, 0.6) is 5.75 Å². The first kappa shape index (κ1) is 15.4. The Hall–Kier alpha value is -2.53. The van der Waals surface area contributed by atoms with Gasteiger partial charge in [0.15, 0.2) is 0 Å². The lowest BCUT2D eigenvalue weighted by Gasteiger charge is -2.16. The number of para-hydroxylation sites is 2. The van der Waals surface area contributed by atoms with Gasteiger partial charge in [0.05, 0.1) is 24.5 Å². The van der Waals surface area contributed by atoms with Gasteiger partial charge in [0, 0.05) is 13.0 Å². The van der Waals surface area contributed by atoms with Crippen molar-refractivity contribution in [2.75, 3.05) is 18.5 Å². The van der Waals surface area contributed by atoms with Gasteiger partial charge in [-0.2, -0.15) is 0 Å². The van der Waals surface area contributed by atoms with Crippen molar-refractivity contribution in [1.82, 2.24) is 0 Å². The highest BCUT2D eigenvalue weighted by molar-refractivity contribution is 5.87. The van der Waals surface area contributed by atoms with Gasteiger partial charge in [-0.3, -0.25) is 0 Å². The van der Waals surface area contributed by atoms with Crippen LogP contribution in [-0.2, 0) is 11.3 Å². The van der Waals surface area contributed by atoms with Gasteiger partial charge in [-0.1, -0.05) is 24.3 Å². The fraction of sp³-hybridized carbons (Fsp3) is 0.278. The highest BCUT2D eigenvalue weighted by Crippen LogP contribution is 2.27. The van der Waals surface area contributed by atoms with Gasteiger partial charge in [0.25, 0.3) is 0 Å². The summed E-state index contributed by atoms with van der Waals surface area (Å²) in [6, 6.07) is 14.6.